The zero-order valence-electron chi connectivity index (χ0n) is 11.2. The summed E-state index contributed by atoms with van der Waals surface area (Å²) in [5, 5.41) is 0. The van der Waals surface area contributed by atoms with Crippen molar-refractivity contribution < 1.29 is 8.90 Å². The largest absolute Gasteiger partial charge is 0.469 e. The van der Waals surface area contributed by atoms with Crippen LogP contribution >= 0.6 is 0 Å². The van der Waals surface area contributed by atoms with Crippen molar-refractivity contribution in [2.75, 3.05) is 20.6 Å². The van der Waals surface area contributed by atoms with Crippen molar-refractivity contribution >= 4 is 0 Å². The van der Waals surface area contributed by atoms with Gasteiger partial charge in [0.2, 0.25) is 0 Å². The van der Waals surface area contributed by atoms with E-state index in [1.807, 2.05) is 6.07 Å². The van der Waals surface area contributed by atoms with Crippen molar-refractivity contribution in [1.82, 2.24) is 0 Å². The molecule has 1 aromatic rings. The Labute approximate surface area is 99.8 Å². The third kappa shape index (κ3) is 4.01. The van der Waals surface area contributed by atoms with Gasteiger partial charge < -0.3 is 8.90 Å². The Morgan fingerprint density at radius 3 is 2.62 bits per heavy atom. The van der Waals surface area contributed by atoms with Crippen LogP contribution in [0, 0.1) is 0 Å². The van der Waals surface area contributed by atoms with Gasteiger partial charge in [-0.1, -0.05) is 0 Å². The molecular weight excluding hydrogens is 198 g/mol. The van der Waals surface area contributed by atoms with E-state index in [2.05, 4.69) is 34.0 Å². The highest BCUT2D eigenvalue weighted by molar-refractivity contribution is 4.97. The first-order chi connectivity index (χ1) is 7.56. The molecule has 0 aliphatic rings. The van der Waals surface area contributed by atoms with Crippen molar-refractivity contribution in [2.45, 2.75) is 45.6 Å². The summed E-state index contributed by atoms with van der Waals surface area (Å²) in [4.78, 5) is 0. The Morgan fingerprint density at radius 2 is 2.06 bits per heavy atom. The van der Waals surface area contributed by atoms with Gasteiger partial charge in [-0.25, -0.2) is 0 Å². The lowest BCUT2D eigenvalue weighted by Gasteiger charge is -2.35. The van der Waals surface area contributed by atoms with Gasteiger partial charge in [0.05, 0.1) is 32.9 Å². The smallest absolute Gasteiger partial charge is 0.103 e. The standard InChI is InChI=1S/C14H26NO/c1-5-15(3,4)13(2)9-6-7-10-14-11-8-12-16-14/h8,11-13H,5-7,9-10H2,1-4H3/q+1. The second kappa shape index (κ2) is 6.09. The molecule has 0 aromatic carbocycles. The summed E-state index contributed by atoms with van der Waals surface area (Å²) in [6.45, 7) is 5.83. The van der Waals surface area contributed by atoms with Crippen LogP contribution in [-0.2, 0) is 6.42 Å². The lowest BCUT2D eigenvalue weighted by molar-refractivity contribution is -0.911. The molecule has 2 heteroatoms. The van der Waals surface area contributed by atoms with Crippen LogP contribution in [0.3, 0.4) is 0 Å². The maximum atomic E-state index is 5.33. The van der Waals surface area contributed by atoms with E-state index in [4.69, 9.17) is 4.42 Å². The number of quaternary nitrogens is 1. The molecule has 1 rings (SSSR count). The van der Waals surface area contributed by atoms with Crippen molar-refractivity contribution in [3.63, 3.8) is 0 Å². The predicted octanol–water partition coefficient (Wildman–Crippen LogP) is 3.48. The van der Waals surface area contributed by atoms with Crippen molar-refractivity contribution in [1.29, 1.82) is 0 Å². The Kier molecular flexibility index (Phi) is 5.07. The van der Waals surface area contributed by atoms with Crippen molar-refractivity contribution in [3.05, 3.63) is 24.2 Å². The Hall–Kier alpha value is -0.760. The Balaban J connectivity index is 2.16. The lowest BCUT2D eigenvalue weighted by Crippen LogP contribution is -2.46. The average Bonchev–Trinajstić information content (AvgIpc) is 2.76. The average molecular weight is 224 g/mol. The summed E-state index contributed by atoms with van der Waals surface area (Å²) >= 11 is 0. The van der Waals surface area contributed by atoms with Crippen LogP contribution in [0.1, 0.15) is 38.9 Å². The van der Waals surface area contributed by atoms with Crippen LogP contribution in [0.15, 0.2) is 22.8 Å². The number of aryl methyl sites for hydroxylation is 1. The summed E-state index contributed by atoms with van der Waals surface area (Å²) < 4.78 is 6.45. The molecule has 0 amide bonds. The number of hydrogen-bond acceptors (Lipinski definition) is 1. The van der Waals surface area contributed by atoms with E-state index in [-0.39, 0.29) is 0 Å². The van der Waals surface area contributed by atoms with Crippen LogP contribution in [0.4, 0.5) is 0 Å². The normalized spacial score (nSPS) is 14.0. The van der Waals surface area contributed by atoms with Gasteiger partial charge in [0.15, 0.2) is 0 Å². The zero-order valence-corrected chi connectivity index (χ0v) is 11.2. The molecule has 0 N–H and O–H groups in total. The third-order valence-corrected chi connectivity index (χ3v) is 3.88. The van der Waals surface area contributed by atoms with Gasteiger partial charge in [-0.15, -0.1) is 0 Å². The maximum Gasteiger partial charge on any atom is 0.103 e. The molecule has 1 unspecified atom stereocenters. The highest BCUT2D eigenvalue weighted by Crippen LogP contribution is 2.14. The van der Waals surface area contributed by atoms with Crippen LogP contribution in [0.25, 0.3) is 0 Å². The van der Waals surface area contributed by atoms with Gasteiger partial charge in [0.1, 0.15) is 5.76 Å². The molecule has 0 aliphatic heterocycles. The molecule has 1 aromatic heterocycles. The molecular formula is C14H26NO+. The first kappa shape index (κ1) is 13.3. The quantitative estimate of drug-likeness (QED) is 0.510. The van der Waals surface area contributed by atoms with E-state index in [0.29, 0.717) is 0 Å². The highest BCUT2D eigenvalue weighted by Gasteiger charge is 2.20. The number of unbranched alkanes of at least 4 members (excludes halogenated alkanes) is 1. The van der Waals surface area contributed by atoms with E-state index < -0.39 is 0 Å². The summed E-state index contributed by atoms with van der Waals surface area (Å²) in [5.74, 6) is 1.12. The summed E-state index contributed by atoms with van der Waals surface area (Å²) in [6.07, 6.45) is 6.68. The summed E-state index contributed by atoms with van der Waals surface area (Å²) in [5.41, 5.74) is 0. The van der Waals surface area contributed by atoms with E-state index in [1.54, 1.807) is 6.26 Å². The molecule has 92 valence electrons. The molecule has 0 aliphatic carbocycles. The topological polar surface area (TPSA) is 13.1 Å². The predicted molar refractivity (Wildman–Crippen MR) is 68.4 cm³/mol. The monoisotopic (exact) mass is 224 g/mol. The molecule has 2 nitrogen and oxygen atoms in total. The molecule has 0 spiro atoms. The van der Waals surface area contributed by atoms with Gasteiger partial charge in [-0.3, -0.25) is 0 Å². The van der Waals surface area contributed by atoms with Crippen molar-refractivity contribution in [2.24, 2.45) is 0 Å². The Morgan fingerprint density at radius 1 is 1.31 bits per heavy atom. The van der Waals surface area contributed by atoms with E-state index >= 15 is 0 Å². The van der Waals surface area contributed by atoms with Crippen molar-refractivity contribution in [3.8, 4) is 0 Å². The molecule has 0 fully saturated rings. The fraction of sp³-hybridized carbons (Fsp3) is 0.714. The molecule has 0 radical (unpaired) electrons. The van der Waals surface area contributed by atoms with Crippen LogP contribution in [-0.4, -0.2) is 31.2 Å². The van der Waals surface area contributed by atoms with Crippen LogP contribution < -0.4 is 0 Å². The molecule has 0 saturated carbocycles. The second-order valence-corrected chi connectivity index (χ2v) is 5.27. The van der Waals surface area contributed by atoms with Gasteiger partial charge in [-0.2, -0.15) is 0 Å². The minimum Gasteiger partial charge on any atom is -0.469 e. The van der Waals surface area contributed by atoms with Crippen LogP contribution in [0.2, 0.25) is 0 Å². The number of furan rings is 1. The first-order valence-electron chi connectivity index (χ1n) is 6.41. The summed E-state index contributed by atoms with van der Waals surface area (Å²) in [6, 6.07) is 4.78. The number of rotatable bonds is 7. The molecule has 0 bridgehead atoms. The zero-order chi connectivity index (χ0) is 12.0. The molecule has 1 atom stereocenters. The highest BCUT2D eigenvalue weighted by atomic mass is 16.3. The lowest BCUT2D eigenvalue weighted by atomic mass is 10.1. The van der Waals surface area contributed by atoms with E-state index in [1.165, 1.54) is 25.8 Å². The third-order valence-electron chi connectivity index (χ3n) is 3.88. The SMILES string of the molecule is CC[N+](C)(C)C(C)CCCCc1ccco1. The van der Waals surface area contributed by atoms with E-state index in [0.717, 1.165) is 22.7 Å². The maximum absolute atomic E-state index is 5.33. The second-order valence-electron chi connectivity index (χ2n) is 5.27. The fourth-order valence-electron chi connectivity index (χ4n) is 1.85. The van der Waals surface area contributed by atoms with E-state index in [9.17, 15) is 0 Å². The minimum absolute atomic E-state index is 0.751. The molecule has 16 heavy (non-hydrogen) atoms. The molecule has 0 saturated heterocycles. The van der Waals surface area contributed by atoms with Gasteiger partial charge in [-0.05, 0) is 45.2 Å². The van der Waals surface area contributed by atoms with Gasteiger partial charge in [0.25, 0.3) is 0 Å². The Bertz CT molecular complexity index is 277. The molecule has 1 heterocycles. The van der Waals surface area contributed by atoms with Gasteiger partial charge >= 0.3 is 0 Å². The number of nitrogens with zero attached hydrogens (tertiary/aromatic N) is 1. The fourth-order valence-corrected chi connectivity index (χ4v) is 1.85. The van der Waals surface area contributed by atoms with Crippen LogP contribution in [0.5, 0.6) is 0 Å². The first-order valence-corrected chi connectivity index (χ1v) is 6.41. The van der Waals surface area contributed by atoms with Gasteiger partial charge in [0, 0.05) is 6.42 Å². The summed E-state index contributed by atoms with van der Waals surface area (Å²) in [7, 11) is 4.63. The minimum atomic E-state index is 0.751. The number of hydrogen-bond donors (Lipinski definition) is 0.